The molecule has 0 atom stereocenters. The Hall–Kier alpha value is -2.97. The van der Waals surface area contributed by atoms with Gasteiger partial charge in [-0.2, -0.15) is 8.42 Å². The Morgan fingerprint density at radius 2 is 1.62 bits per heavy atom. The van der Waals surface area contributed by atoms with Gasteiger partial charge >= 0.3 is 0 Å². The number of benzene rings is 3. The van der Waals surface area contributed by atoms with Gasteiger partial charge in [0.1, 0.15) is 16.3 Å². The maximum Gasteiger partial charge on any atom is 0.296 e. The molecule has 0 radical (unpaired) electrons. The summed E-state index contributed by atoms with van der Waals surface area (Å²) in [7, 11) is -4.42. The van der Waals surface area contributed by atoms with Crippen LogP contribution in [0.1, 0.15) is 0 Å². The Labute approximate surface area is 137 Å². The first-order chi connectivity index (χ1) is 11.4. The average Bonchev–Trinajstić information content (AvgIpc) is 2.53. The highest BCUT2D eigenvalue weighted by molar-refractivity contribution is 7.86. The summed E-state index contributed by atoms with van der Waals surface area (Å²) in [5.74, 6) is -0.0967. The molecule has 0 fully saturated rings. The van der Waals surface area contributed by atoms with Gasteiger partial charge in [0.2, 0.25) is 0 Å². The Bertz CT molecular complexity index is 1060. The standard InChI is InChI=1S/C16H13N3O4S/c17-11-6-7-12-10(9-11)5-8-14(16(12)20)19-18-13-3-1-2-4-15(13)24(21,22)23/h1-9,20H,17H2,(H,21,22,23). The number of phenols is 1. The fraction of sp³-hybridized carbons (Fsp3) is 0. The van der Waals surface area contributed by atoms with Crippen molar-refractivity contribution in [1.82, 2.24) is 0 Å². The minimum Gasteiger partial charge on any atom is -0.505 e. The molecule has 0 saturated heterocycles. The number of azo groups is 1. The fourth-order valence-corrected chi connectivity index (χ4v) is 2.89. The molecule has 8 heteroatoms. The molecule has 0 bridgehead atoms. The van der Waals surface area contributed by atoms with E-state index in [2.05, 4.69) is 10.2 Å². The number of phenolic OH excluding ortho intramolecular Hbond substituents is 1. The third-order valence-corrected chi connectivity index (χ3v) is 4.30. The van der Waals surface area contributed by atoms with Crippen molar-refractivity contribution in [2.75, 3.05) is 5.73 Å². The molecule has 0 aliphatic heterocycles. The van der Waals surface area contributed by atoms with E-state index in [0.717, 1.165) is 5.39 Å². The molecule has 7 nitrogen and oxygen atoms in total. The second-order valence-corrected chi connectivity index (χ2v) is 6.45. The van der Waals surface area contributed by atoms with Crippen molar-refractivity contribution in [3.05, 3.63) is 54.6 Å². The molecule has 0 saturated carbocycles. The highest BCUT2D eigenvalue weighted by Crippen LogP contribution is 2.36. The van der Waals surface area contributed by atoms with Gasteiger partial charge in [0, 0.05) is 11.1 Å². The number of nitrogens with zero attached hydrogens (tertiary/aromatic N) is 2. The van der Waals surface area contributed by atoms with Crippen LogP contribution in [-0.2, 0) is 10.1 Å². The molecular weight excluding hydrogens is 330 g/mol. The van der Waals surface area contributed by atoms with Crippen LogP contribution in [0, 0.1) is 0 Å². The SMILES string of the molecule is Nc1ccc2c(O)c(N=Nc3ccccc3S(=O)(=O)O)ccc2c1. The van der Waals surface area contributed by atoms with Crippen molar-refractivity contribution in [2.24, 2.45) is 10.2 Å². The highest BCUT2D eigenvalue weighted by Gasteiger charge is 2.14. The first-order valence-corrected chi connectivity index (χ1v) is 8.30. The smallest absolute Gasteiger partial charge is 0.296 e. The molecule has 0 aliphatic carbocycles. The first-order valence-electron chi connectivity index (χ1n) is 6.86. The van der Waals surface area contributed by atoms with Crippen LogP contribution in [0.15, 0.2) is 69.7 Å². The summed E-state index contributed by atoms with van der Waals surface area (Å²) in [5.41, 5.74) is 6.40. The summed E-state index contributed by atoms with van der Waals surface area (Å²) in [6.07, 6.45) is 0. The van der Waals surface area contributed by atoms with Crippen LogP contribution >= 0.6 is 0 Å². The minimum atomic E-state index is -4.42. The van der Waals surface area contributed by atoms with Crippen LogP contribution in [0.25, 0.3) is 10.8 Å². The molecule has 24 heavy (non-hydrogen) atoms. The quantitative estimate of drug-likeness (QED) is 0.379. The topological polar surface area (TPSA) is 125 Å². The van der Waals surface area contributed by atoms with Gasteiger partial charge in [0.15, 0.2) is 5.75 Å². The predicted octanol–water partition coefficient (Wildman–Crippen LogP) is 3.79. The molecule has 0 spiro atoms. The van der Waals surface area contributed by atoms with E-state index in [1.807, 2.05) is 0 Å². The van der Waals surface area contributed by atoms with Crippen LogP contribution in [0.5, 0.6) is 5.75 Å². The lowest BCUT2D eigenvalue weighted by Crippen LogP contribution is -1.97. The maximum atomic E-state index is 11.3. The molecule has 0 amide bonds. The van der Waals surface area contributed by atoms with Gasteiger partial charge < -0.3 is 10.8 Å². The average molecular weight is 343 g/mol. The number of rotatable bonds is 3. The van der Waals surface area contributed by atoms with Gasteiger partial charge in [-0.3, -0.25) is 4.55 Å². The van der Waals surface area contributed by atoms with E-state index in [0.29, 0.717) is 11.1 Å². The molecule has 0 heterocycles. The lowest BCUT2D eigenvalue weighted by atomic mass is 10.1. The largest absolute Gasteiger partial charge is 0.505 e. The summed E-state index contributed by atoms with van der Waals surface area (Å²) in [6.45, 7) is 0. The predicted molar refractivity (Wildman–Crippen MR) is 90.5 cm³/mol. The molecule has 4 N–H and O–H groups in total. The highest BCUT2D eigenvalue weighted by atomic mass is 32.2. The van der Waals surface area contributed by atoms with E-state index in [1.165, 1.54) is 24.3 Å². The molecular formula is C16H13N3O4S. The van der Waals surface area contributed by atoms with Crippen molar-refractivity contribution in [1.29, 1.82) is 0 Å². The third-order valence-electron chi connectivity index (χ3n) is 3.40. The minimum absolute atomic E-state index is 0.0307. The summed E-state index contributed by atoms with van der Waals surface area (Å²) < 4.78 is 31.9. The molecule has 3 aromatic carbocycles. The molecule has 3 aromatic rings. The lowest BCUT2D eigenvalue weighted by molar-refractivity contribution is 0.482. The third kappa shape index (κ3) is 3.05. The number of aromatic hydroxyl groups is 1. The second kappa shape index (κ2) is 5.91. The zero-order valence-corrected chi connectivity index (χ0v) is 13.1. The van der Waals surface area contributed by atoms with Crippen molar-refractivity contribution in [3.8, 4) is 5.75 Å². The van der Waals surface area contributed by atoms with Gasteiger partial charge in [0.25, 0.3) is 10.1 Å². The van der Waals surface area contributed by atoms with Crippen molar-refractivity contribution in [3.63, 3.8) is 0 Å². The van der Waals surface area contributed by atoms with Crippen LogP contribution in [-0.4, -0.2) is 18.1 Å². The molecule has 3 rings (SSSR count). The molecule has 0 aromatic heterocycles. The zero-order valence-electron chi connectivity index (χ0n) is 12.3. The number of fused-ring (bicyclic) bond motifs is 1. The first kappa shape index (κ1) is 15.9. The van der Waals surface area contributed by atoms with Crippen LogP contribution in [0.4, 0.5) is 17.1 Å². The van der Waals surface area contributed by atoms with Crippen LogP contribution < -0.4 is 5.73 Å². The van der Waals surface area contributed by atoms with Crippen molar-refractivity contribution in [2.45, 2.75) is 4.90 Å². The number of nitrogens with two attached hydrogens (primary N) is 1. The fourth-order valence-electron chi connectivity index (χ4n) is 2.27. The van der Waals surface area contributed by atoms with Crippen molar-refractivity contribution < 1.29 is 18.1 Å². The summed E-state index contributed by atoms with van der Waals surface area (Å²) in [4.78, 5) is -0.359. The number of nitrogen functional groups attached to an aromatic ring is 1. The Morgan fingerprint density at radius 3 is 2.38 bits per heavy atom. The van der Waals surface area contributed by atoms with Crippen LogP contribution in [0.3, 0.4) is 0 Å². The zero-order chi connectivity index (χ0) is 17.3. The van der Waals surface area contributed by atoms with Crippen LogP contribution in [0.2, 0.25) is 0 Å². The number of hydrogen-bond donors (Lipinski definition) is 3. The van der Waals surface area contributed by atoms with Gasteiger partial charge in [-0.15, -0.1) is 10.2 Å². The number of hydrogen-bond acceptors (Lipinski definition) is 6. The van der Waals surface area contributed by atoms with Gasteiger partial charge in [-0.05, 0) is 41.8 Å². The molecule has 0 unspecified atom stereocenters. The normalized spacial score (nSPS) is 12.0. The second-order valence-electron chi connectivity index (χ2n) is 5.06. The van der Waals surface area contributed by atoms with Gasteiger partial charge in [-0.1, -0.05) is 18.2 Å². The molecule has 0 aliphatic rings. The summed E-state index contributed by atoms with van der Waals surface area (Å²) >= 11 is 0. The Morgan fingerprint density at radius 1 is 0.917 bits per heavy atom. The van der Waals surface area contributed by atoms with E-state index in [9.17, 15) is 18.1 Å². The van der Waals surface area contributed by atoms with E-state index < -0.39 is 10.1 Å². The van der Waals surface area contributed by atoms with E-state index >= 15 is 0 Å². The summed E-state index contributed by atoms with van der Waals surface area (Å²) in [5, 5.41) is 19.3. The number of anilines is 1. The van der Waals surface area contributed by atoms with Crippen molar-refractivity contribution >= 4 is 38.0 Å². The Balaban J connectivity index is 2.07. The Kier molecular flexibility index (Phi) is 3.92. The summed E-state index contributed by atoms with van der Waals surface area (Å²) in [6, 6.07) is 13.9. The van der Waals surface area contributed by atoms with Gasteiger partial charge in [-0.25, -0.2) is 0 Å². The maximum absolute atomic E-state index is 11.3. The molecule has 122 valence electrons. The lowest BCUT2D eigenvalue weighted by Gasteiger charge is -2.05. The van der Waals surface area contributed by atoms with Gasteiger partial charge in [0.05, 0.1) is 0 Å². The van der Waals surface area contributed by atoms with E-state index in [1.54, 1.807) is 30.3 Å². The van der Waals surface area contributed by atoms with E-state index in [4.69, 9.17) is 5.73 Å². The monoisotopic (exact) mass is 343 g/mol. The van der Waals surface area contributed by atoms with E-state index in [-0.39, 0.29) is 22.0 Å².